The number of carbonyl (C=O) groups is 1. The van der Waals surface area contributed by atoms with Crippen LogP contribution in [-0.4, -0.2) is 41.9 Å². The second-order valence-electron chi connectivity index (χ2n) is 6.20. The second kappa shape index (κ2) is 6.67. The van der Waals surface area contributed by atoms with Gasteiger partial charge in [0.1, 0.15) is 0 Å². The maximum Gasteiger partial charge on any atom is 0.264 e. The Bertz CT molecular complexity index is 846. The fraction of sp³-hybridized carbons (Fsp3) is 0.316. The van der Waals surface area contributed by atoms with E-state index in [1.807, 2.05) is 17.0 Å². The Labute approximate surface area is 150 Å². The molecule has 24 heavy (non-hydrogen) atoms. The zero-order valence-electron chi connectivity index (χ0n) is 13.7. The lowest BCUT2D eigenvalue weighted by atomic mass is 10.1. The van der Waals surface area contributed by atoms with Crippen molar-refractivity contribution >= 4 is 38.7 Å². The molecule has 0 atom stereocenters. The van der Waals surface area contributed by atoms with Gasteiger partial charge in [-0.05, 0) is 35.4 Å². The molecule has 4 rings (SSSR count). The van der Waals surface area contributed by atoms with Crippen LogP contribution in [0.25, 0.3) is 10.1 Å². The third kappa shape index (κ3) is 2.99. The maximum atomic E-state index is 12.9. The van der Waals surface area contributed by atoms with Crippen LogP contribution in [0.1, 0.15) is 20.1 Å². The molecule has 0 spiro atoms. The van der Waals surface area contributed by atoms with Crippen LogP contribution in [0, 0.1) is 6.92 Å². The van der Waals surface area contributed by atoms with Gasteiger partial charge in [0.2, 0.25) is 0 Å². The zero-order valence-corrected chi connectivity index (χ0v) is 15.3. The molecule has 3 nitrogen and oxygen atoms in total. The van der Waals surface area contributed by atoms with Crippen molar-refractivity contribution in [1.29, 1.82) is 0 Å². The quantitative estimate of drug-likeness (QED) is 0.701. The van der Waals surface area contributed by atoms with Gasteiger partial charge in [0.25, 0.3) is 5.91 Å². The number of aryl methyl sites for hydroxylation is 1. The van der Waals surface area contributed by atoms with Crippen molar-refractivity contribution in [2.24, 2.45) is 0 Å². The van der Waals surface area contributed by atoms with Gasteiger partial charge in [0.15, 0.2) is 0 Å². The number of rotatable bonds is 3. The zero-order chi connectivity index (χ0) is 16.5. The molecule has 2 aromatic heterocycles. The van der Waals surface area contributed by atoms with E-state index < -0.39 is 0 Å². The number of amides is 1. The third-order valence-electron chi connectivity index (χ3n) is 4.66. The Morgan fingerprint density at radius 1 is 1.08 bits per heavy atom. The Morgan fingerprint density at radius 2 is 1.88 bits per heavy atom. The molecular formula is C19H20N2OS2. The first-order valence-corrected chi connectivity index (χ1v) is 9.94. The van der Waals surface area contributed by atoms with Crippen molar-refractivity contribution in [3.63, 3.8) is 0 Å². The Kier molecular flexibility index (Phi) is 4.39. The lowest BCUT2D eigenvalue weighted by Crippen LogP contribution is -2.48. The fourth-order valence-electron chi connectivity index (χ4n) is 3.25. The molecular weight excluding hydrogens is 336 g/mol. The van der Waals surface area contributed by atoms with Crippen LogP contribution in [0.5, 0.6) is 0 Å². The minimum Gasteiger partial charge on any atom is -0.335 e. The molecule has 0 radical (unpaired) electrons. The predicted octanol–water partition coefficient (Wildman–Crippen LogP) is 4.23. The summed E-state index contributed by atoms with van der Waals surface area (Å²) in [5.74, 6) is 0.199. The standard InChI is InChI=1S/C19H20N2OS2/c1-14-16-6-2-3-7-17(16)24-18(14)19(22)21-10-8-20(9-11-21)13-15-5-4-12-23-15/h2-7,12H,8-11,13H2,1H3. The number of benzene rings is 1. The topological polar surface area (TPSA) is 23.6 Å². The van der Waals surface area contributed by atoms with Crippen LogP contribution in [0.4, 0.5) is 0 Å². The predicted molar refractivity (Wildman–Crippen MR) is 102 cm³/mol. The van der Waals surface area contributed by atoms with Gasteiger partial charge in [-0.25, -0.2) is 0 Å². The third-order valence-corrected chi connectivity index (χ3v) is 6.78. The van der Waals surface area contributed by atoms with Gasteiger partial charge >= 0.3 is 0 Å². The van der Waals surface area contributed by atoms with Gasteiger partial charge in [-0.2, -0.15) is 0 Å². The van der Waals surface area contributed by atoms with E-state index in [0.717, 1.165) is 43.2 Å². The van der Waals surface area contributed by atoms with Crippen molar-refractivity contribution in [3.05, 3.63) is 57.1 Å². The van der Waals surface area contributed by atoms with E-state index in [1.54, 1.807) is 22.7 Å². The van der Waals surface area contributed by atoms with Gasteiger partial charge in [0, 0.05) is 42.3 Å². The Morgan fingerprint density at radius 3 is 2.58 bits per heavy atom. The largest absolute Gasteiger partial charge is 0.335 e. The number of carbonyl (C=O) groups excluding carboxylic acids is 1. The average Bonchev–Trinajstić information content (AvgIpc) is 3.23. The van der Waals surface area contributed by atoms with Crippen LogP contribution in [0.15, 0.2) is 41.8 Å². The molecule has 0 saturated carbocycles. The monoisotopic (exact) mass is 356 g/mol. The average molecular weight is 357 g/mol. The van der Waals surface area contributed by atoms with E-state index in [0.29, 0.717) is 0 Å². The lowest BCUT2D eigenvalue weighted by Gasteiger charge is -2.34. The molecule has 0 N–H and O–H groups in total. The first-order chi connectivity index (χ1) is 11.7. The summed E-state index contributed by atoms with van der Waals surface area (Å²) in [4.78, 5) is 19.7. The van der Waals surface area contributed by atoms with Crippen molar-refractivity contribution in [2.75, 3.05) is 26.2 Å². The van der Waals surface area contributed by atoms with E-state index >= 15 is 0 Å². The fourth-order valence-corrected chi connectivity index (χ4v) is 5.18. The molecule has 3 heterocycles. The van der Waals surface area contributed by atoms with Crippen LogP contribution >= 0.6 is 22.7 Å². The van der Waals surface area contributed by atoms with Crippen molar-refractivity contribution in [3.8, 4) is 0 Å². The summed E-state index contributed by atoms with van der Waals surface area (Å²) in [7, 11) is 0. The second-order valence-corrected chi connectivity index (χ2v) is 8.28. The minimum atomic E-state index is 0.199. The van der Waals surface area contributed by atoms with Gasteiger partial charge in [0.05, 0.1) is 4.88 Å². The number of thiophene rings is 2. The van der Waals surface area contributed by atoms with Crippen molar-refractivity contribution in [2.45, 2.75) is 13.5 Å². The molecule has 1 fully saturated rings. The molecule has 1 aromatic carbocycles. The molecule has 0 unspecified atom stereocenters. The number of hydrogen-bond acceptors (Lipinski definition) is 4. The summed E-state index contributed by atoms with van der Waals surface area (Å²) in [6.45, 7) is 6.61. The molecule has 5 heteroatoms. The van der Waals surface area contributed by atoms with E-state index in [1.165, 1.54) is 15.0 Å². The van der Waals surface area contributed by atoms with E-state index in [-0.39, 0.29) is 5.91 Å². The van der Waals surface area contributed by atoms with E-state index in [4.69, 9.17) is 0 Å². The Balaban J connectivity index is 1.45. The van der Waals surface area contributed by atoms with Gasteiger partial charge in [-0.15, -0.1) is 22.7 Å². The molecule has 3 aromatic rings. The summed E-state index contributed by atoms with van der Waals surface area (Å²) >= 11 is 3.43. The highest BCUT2D eigenvalue weighted by Crippen LogP contribution is 2.31. The number of piperazine rings is 1. The Hall–Kier alpha value is -1.69. The highest BCUT2D eigenvalue weighted by atomic mass is 32.1. The SMILES string of the molecule is Cc1c(C(=O)N2CCN(Cc3cccs3)CC2)sc2ccccc12. The molecule has 1 amide bonds. The lowest BCUT2D eigenvalue weighted by molar-refractivity contribution is 0.0634. The van der Waals surface area contributed by atoms with Gasteiger partial charge in [-0.1, -0.05) is 24.3 Å². The molecule has 0 bridgehead atoms. The van der Waals surface area contributed by atoms with Gasteiger partial charge in [-0.3, -0.25) is 9.69 Å². The normalized spacial score (nSPS) is 16.0. The highest BCUT2D eigenvalue weighted by Gasteiger charge is 2.25. The van der Waals surface area contributed by atoms with Crippen molar-refractivity contribution in [1.82, 2.24) is 9.80 Å². The van der Waals surface area contributed by atoms with Gasteiger partial charge < -0.3 is 4.90 Å². The first-order valence-electron chi connectivity index (χ1n) is 8.24. The van der Waals surface area contributed by atoms with E-state index in [9.17, 15) is 4.79 Å². The number of hydrogen-bond donors (Lipinski definition) is 0. The maximum absolute atomic E-state index is 12.9. The molecule has 124 valence electrons. The van der Waals surface area contributed by atoms with Crippen LogP contribution in [-0.2, 0) is 6.54 Å². The van der Waals surface area contributed by atoms with Crippen LogP contribution < -0.4 is 0 Å². The summed E-state index contributed by atoms with van der Waals surface area (Å²) in [5, 5.41) is 3.33. The highest BCUT2D eigenvalue weighted by molar-refractivity contribution is 7.21. The molecule has 1 aliphatic heterocycles. The first kappa shape index (κ1) is 15.8. The van der Waals surface area contributed by atoms with Crippen LogP contribution in [0.3, 0.4) is 0 Å². The summed E-state index contributed by atoms with van der Waals surface area (Å²) < 4.78 is 1.20. The number of fused-ring (bicyclic) bond motifs is 1. The molecule has 1 saturated heterocycles. The summed E-state index contributed by atoms with van der Waals surface area (Å²) in [6, 6.07) is 12.6. The summed E-state index contributed by atoms with van der Waals surface area (Å²) in [5.41, 5.74) is 1.13. The van der Waals surface area contributed by atoms with Crippen molar-refractivity contribution < 1.29 is 4.79 Å². The van der Waals surface area contributed by atoms with Crippen LogP contribution in [0.2, 0.25) is 0 Å². The minimum absolute atomic E-state index is 0.199. The van der Waals surface area contributed by atoms with E-state index in [2.05, 4.69) is 41.5 Å². The molecule has 0 aliphatic carbocycles. The molecule has 1 aliphatic rings. The summed E-state index contributed by atoms with van der Waals surface area (Å²) in [6.07, 6.45) is 0. The smallest absolute Gasteiger partial charge is 0.264 e. The number of nitrogens with zero attached hydrogens (tertiary/aromatic N) is 2.